The molecule has 0 amide bonds. The molecule has 13 heavy (non-hydrogen) atoms. The molecule has 2 nitrogen and oxygen atoms in total. The topological polar surface area (TPSA) is 35.2 Å². The molecule has 4 heteroatoms. The van der Waals surface area contributed by atoms with Crippen LogP contribution in [0, 0.1) is 0 Å². The highest BCUT2D eigenvalue weighted by atomic mass is 79.9. The SMILES string of the molecule is Nc1ccc(Br)c(OCCCF)c1. The molecular weight excluding hydrogens is 237 g/mol. The molecule has 0 aliphatic heterocycles. The Bertz CT molecular complexity index is 280. The van der Waals surface area contributed by atoms with Crippen LogP contribution >= 0.6 is 15.9 Å². The van der Waals surface area contributed by atoms with Crippen LogP contribution in [0.3, 0.4) is 0 Å². The molecule has 0 aromatic heterocycles. The summed E-state index contributed by atoms with van der Waals surface area (Å²) in [4.78, 5) is 0. The average Bonchev–Trinajstić information content (AvgIpc) is 2.11. The molecule has 1 aromatic carbocycles. The van der Waals surface area contributed by atoms with Gasteiger partial charge in [-0.25, -0.2) is 0 Å². The zero-order chi connectivity index (χ0) is 9.68. The third-order valence-corrected chi connectivity index (χ3v) is 2.15. The van der Waals surface area contributed by atoms with Gasteiger partial charge in [0.05, 0.1) is 17.8 Å². The van der Waals surface area contributed by atoms with Crippen LogP contribution in [-0.2, 0) is 0 Å². The molecule has 0 aliphatic carbocycles. The normalized spacial score (nSPS) is 10.0. The number of anilines is 1. The molecule has 0 aliphatic rings. The van der Waals surface area contributed by atoms with Crippen molar-refractivity contribution in [2.24, 2.45) is 0 Å². The first-order valence-corrected chi connectivity index (χ1v) is 4.77. The summed E-state index contributed by atoms with van der Waals surface area (Å²) < 4.78 is 17.9. The Kier molecular flexibility index (Phi) is 4.02. The fourth-order valence-electron chi connectivity index (χ4n) is 0.867. The molecular formula is C9H11BrFNO. The number of hydrogen-bond acceptors (Lipinski definition) is 2. The molecule has 0 bridgehead atoms. The van der Waals surface area contributed by atoms with Crippen LogP contribution in [0.1, 0.15) is 6.42 Å². The molecule has 0 unspecified atom stereocenters. The summed E-state index contributed by atoms with van der Waals surface area (Å²) in [5.41, 5.74) is 6.19. The molecule has 0 fully saturated rings. The minimum Gasteiger partial charge on any atom is -0.492 e. The third-order valence-electron chi connectivity index (χ3n) is 1.49. The van der Waals surface area contributed by atoms with Crippen molar-refractivity contribution in [3.8, 4) is 5.75 Å². The average molecular weight is 248 g/mol. The van der Waals surface area contributed by atoms with E-state index in [9.17, 15) is 4.39 Å². The first-order chi connectivity index (χ1) is 6.24. The highest BCUT2D eigenvalue weighted by molar-refractivity contribution is 9.10. The largest absolute Gasteiger partial charge is 0.492 e. The Labute approximate surface area is 85.0 Å². The Morgan fingerprint density at radius 3 is 2.92 bits per heavy atom. The van der Waals surface area contributed by atoms with Crippen LogP contribution < -0.4 is 10.5 Å². The monoisotopic (exact) mass is 247 g/mol. The van der Waals surface area contributed by atoms with Crippen molar-refractivity contribution in [3.05, 3.63) is 22.7 Å². The summed E-state index contributed by atoms with van der Waals surface area (Å²) in [6, 6.07) is 5.29. The lowest BCUT2D eigenvalue weighted by atomic mass is 10.3. The zero-order valence-electron chi connectivity index (χ0n) is 7.09. The summed E-state index contributed by atoms with van der Waals surface area (Å²) in [6.45, 7) is 0.0124. The molecule has 0 saturated heterocycles. The van der Waals surface area contributed by atoms with Crippen molar-refractivity contribution in [1.82, 2.24) is 0 Å². The molecule has 0 radical (unpaired) electrons. The highest BCUT2D eigenvalue weighted by Gasteiger charge is 2.00. The molecule has 72 valence electrons. The maximum absolute atomic E-state index is 11.8. The van der Waals surface area contributed by atoms with Crippen molar-refractivity contribution in [2.75, 3.05) is 19.0 Å². The van der Waals surface area contributed by atoms with Gasteiger partial charge in [-0.1, -0.05) is 0 Å². The van der Waals surface area contributed by atoms with Crippen molar-refractivity contribution in [2.45, 2.75) is 6.42 Å². The van der Waals surface area contributed by atoms with E-state index in [2.05, 4.69) is 15.9 Å². The van der Waals surface area contributed by atoms with Crippen LogP contribution in [0.25, 0.3) is 0 Å². The van der Waals surface area contributed by atoms with E-state index in [1.54, 1.807) is 18.2 Å². The van der Waals surface area contributed by atoms with Crippen LogP contribution in [0.4, 0.5) is 10.1 Å². The van der Waals surface area contributed by atoms with Crippen LogP contribution in [-0.4, -0.2) is 13.3 Å². The summed E-state index contributed by atoms with van der Waals surface area (Å²) in [5, 5.41) is 0. The Hall–Kier alpha value is -0.770. The highest BCUT2D eigenvalue weighted by Crippen LogP contribution is 2.26. The van der Waals surface area contributed by atoms with Crippen molar-refractivity contribution >= 4 is 21.6 Å². The smallest absolute Gasteiger partial charge is 0.135 e. The van der Waals surface area contributed by atoms with Gasteiger partial charge in [-0.3, -0.25) is 4.39 Å². The lowest BCUT2D eigenvalue weighted by molar-refractivity contribution is 0.288. The van der Waals surface area contributed by atoms with Crippen molar-refractivity contribution in [1.29, 1.82) is 0 Å². The fourth-order valence-corrected chi connectivity index (χ4v) is 1.23. The number of ether oxygens (including phenoxy) is 1. The molecule has 0 spiro atoms. The number of benzene rings is 1. The number of hydrogen-bond donors (Lipinski definition) is 1. The zero-order valence-corrected chi connectivity index (χ0v) is 8.68. The van der Waals surface area contributed by atoms with E-state index in [0.29, 0.717) is 24.5 Å². The van der Waals surface area contributed by atoms with Crippen LogP contribution in [0.5, 0.6) is 5.75 Å². The standard InChI is InChI=1S/C9H11BrFNO/c10-8-3-2-7(12)6-9(8)13-5-1-4-11/h2-3,6H,1,4-5,12H2. The van der Waals surface area contributed by atoms with Gasteiger partial charge in [0.25, 0.3) is 0 Å². The Morgan fingerprint density at radius 2 is 2.23 bits per heavy atom. The Morgan fingerprint density at radius 1 is 1.46 bits per heavy atom. The van der Waals surface area contributed by atoms with E-state index in [-0.39, 0.29) is 6.67 Å². The predicted molar refractivity (Wildman–Crippen MR) is 54.6 cm³/mol. The van der Waals surface area contributed by atoms with Crippen LogP contribution in [0.15, 0.2) is 22.7 Å². The van der Waals surface area contributed by atoms with Crippen LogP contribution in [0.2, 0.25) is 0 Å². The van der Waals surface area contributed by atoms with Gasteiger partial charge in [0.1, 0.15) is 5.75 Å². The molecule has 0 saturated carbocycles. The number of alkyl halides is 1. The fraction of sp³-hybridized carbons (Fsp3) is 0.333. The number of rotatable bonds is 4. The number of nitrogen functional groups attached to an aromatic ring is 1. The van der Waals surface area contributed by atoms with E-state index < -0.39 is 0 Å². The van der Waals surface area contributed by atoms with Gasteiger partial charge in [-0.2, -0.15) is 0 Å². The quantitative estimate of drug-likeness (QED) is 0.656. The summed E-state index contributed by atoms with van der Waals surface area (Å²) >= 11 is 3.31. The summed E-state index contributed by atoms with van der Waals surface area (Å²) in [6.07, 6.45) is 0.404. The molecule has 1 aromatic rings. The van der Waals surface area contributed by atoms with E-state index in [1.807, 2.05) is 0 Å². The predicted octanol–water partition coefficient (Wildman–Crippen LogP) is 2.77. The minimum atomic E-state index is -0.361. The van der Waals surface area contributed by atoms with Gasteiger partial charge in [-0.15, -0.1) is 0 Å². The summed E-state index contributed by atoms with van der Waals surface area (Å²) in [5.74, 6) is 0.661. The van der Waals surface area contributed by atoms with E-state index in [0.717, 1.165) is 4.47 Å². The number of halogens is 2. The van der Waals surface area contributed by atoms with Gasteiger partial charge in [0.15, 0.2) is 0 Å². The minimum absolute atomic E-state index is 0.361. The first kappa shape index (κ1) is 10.3. The van der Waals surface area contributed by atoms with E-state index >= 15 is 0 Å². The second-order valence-corrected chi connectivity index (χ2v) is 3.44. The second kappa shape index (κ2) is 5.07. The Balaban J connectivity index is 2.59. The molecule has 0 heterocycles. The number of nitrogens with two attached hydrogens (primary N) is 1. The maximum atomic E-state index is 11.8. The van der Waals surface area contributed by atoms with Gasteiger partial charge < -0.3 is 10.5 Å². The molecule has 1 rings (SSSR count). The first-order valence-electron chi connectivity index (χ1n) is 3.98. The second-order valence-electron chi connectivity index (χ2n) is 2.58. The van der Waals surface area contributed by atoms with Gasteiger partial charge >= 0.3 is 0 Å². The van der Waals surface area contributed by atoms with Gasteiger partial charge in [0.2, 0.25) is 0 Å². The van der Waals surface area contributed by atoms with E-state index in [4.69, 9.17) is 10.5 Å². The lowest BCUT2D eigenvalue weighted by Crippen LogP contribution is -1.99. The molecule has 0 atom stereocenters. The van der Waals surface area contributed by atoms with E-state index in [1.165, 1.54) is 0 Å². The molecule has 2 N–H and O–H groups in total. The lowest BCUT2D eigenvalue weighted by Gasteiger charge is -2.07. The maximum Gasteiger partial charge on any atom is 0.135 e. The summed E-state index contributed by atoms with van der Waals surface area (Å²) in [7, 11) is 0. The van der Waals surface area contributed by atoms with Gasteiger partial charge in [-0.05, 0) is 28.1 Å². The third kappa shape index (κ3) is 3.22. The van der Waals surface area contributed by atoms with Gasteiger partial charge in [0, 0.05) is 18.2 Å². The van der Waals surface area contributed by atoms with Crippen molar-refractivity contribution < 1.29 is 9.13 Å². The van der Waals surface area contributed by atoms with Crippen molar-refractivity contribution in [3.63, 3.8) is 0 Å².